The van der Waals surface area contributed by atoms with Crippen molar-refractivity contribution < 1.29 is 14.3 Å². The first kappa shape index (κ1) is 23.3. The SMILES string of the molecule is CCCn1c(N)c(N(CCOC)C(=O)c2ccc(N3CCCCC3=O)cc2)c(=O)[nH]c1=O. The molecule has 1 aliphatic rings. The van der Waals surface area contributed by atoms with Gasteiger partial charge in [0.05, 0.1) is 6.61 Å². The first-order valence-corrected chi connectivity index (χ1v) is 10.7. The van der Waals surface area contributed by atoms with E-state index in [1.165, 1.54) is 16.6 Å². The zero-order valence-electron chi connectivity index (χ0n) is 18.4. The Hall–Kier alpha value is -3.40. The van der Waals surface area contributed by atoms with Gasteiger partial charge in [-0.25, -0.2) is 4.79 Å². The first-order chi connectivity index (χ1) is 15.4. The van der Waals surface area contributed by atoms with Crippen molar-refractivity contribution in [3.05, 3.63) is 50.7 Å². The molecule has 0 bridgehead atoms. The molecule has 10 nitrogen and oxygen atoms in total. The lowest BCUT2D eigenvalue weighted by Crippen LogP contribution is -2.42. The van der Waals surface area contributed by atoms with E-state index in [2.05, 4.69) is 4.98 Å². The van der Waals surface area contributed by atoms with E-state index >= 15 is 0 Å². The Bertz CT molecular complexity index is 1090. The third kappa shape index (κ3) is 4.75. The zero-order valence-corrected chi connectivity index (χ0v) is 18.4. The largest absolute Gasteiger partial charge is 0.383 e. The van der Waals surface area contributed by atoms with Crippen LogP contribution in [0.2, 0.25) is 0 Å². The minimum absolute atomic E-state index is 0.0644. The maximum Gasteiger partial charge on any atom is 0.330 e. The normalized spacial score (nSPS) is 13.9. The Morgan fingerprint density at radius 2 is 1.91 bits per heavy atom. The molecular formula is C22H29N5O5. The number of hydrogen-bond acceptors (Lipinski definition) is 6. The van der Waals surface area contributed by atoms with Crippen molar-refractivity contribution in [2.75, 3.05) is 42.3 Å². The second-order valence-electron chi connectivity index (χ2n) is 7.64. The molecule has 1 aromatic carbocycles. The molecule has 3 rings (SSSR count). The quantitative estimate of drug-likeness (QED) is 0.633. The van der Waals surface area contributed by atoms with Crippen LogP contribution in [0.5, 0.6) is 0 Å². The lowest BCUT2D eigenvalue weighted by Gasteiger charge is -2.27. The van der Waals surface area contributed by atoms with Crippen LogP contribution in [0.15, 0.2) is 33.9 Å². The third-order valence-electron chi connectivity index (χ3n) is 5.44. The summed E-state index contributed by atoms with van der Waals surface area (Å²) in [7, 11) is 1.48. The maximum atomic E-state index is 13.4. The molecule has 2 amide bonds. The van der Waals surface area contributed by atoms with Crippen molar-refractivity contribution in [3.63, 3.8) is 0 Å². The Kier molecular flexibility index (Phi) is 7.47. The van der Waals surface area contributed by atoms with Crippen molar-refractivity contribution in [2.24, 2.45) is 0 Å². The van der Waals surface area contributed by atoms with Gasteiger partial charge in [0, 0.05) is 44.4 Å². The number of nitrogens with zero attached hydrogens (tertiary/aromatic N) is 3. The van der Waals surface area contributed by atoms with Gasteiger partial charge in [0.25, 0.3) is 11.5 Å². The number of nitrogen functional groups attached to an aromatic ring is 1. The number of piperidine rings is 1. The van der Waals surface area contributed by atoms with Gasteiger partial charge in [-0.3, -0.25) is 28.8 Å². The molecule has 10 heteroatoms. The number of nitrogens with two attached hydrogens (primary N) is 1. The van der Waals surface area contributed by atoms with Crippen LogP contribution in [-0.4, -0.2) is 48.2 Å². The molecule has 0 spiro atoms. The number of anilines is 3. The van der Waals surface area contributed by atoms with Crippen LogP contribution >= 0.6 is 0 Å². The van der Waals surface area contributed by atoms with Crippen LogP contribution in [0.3, 0.4) is 0 Å². The number of H-pyrrole nitrogens is 1. The Morgan fingerprint density at radius 3 is 2.53 bits per heavy atom. The summed E-state index contributed by atoms with van der Waals surface area (Å²) in [6.45, 7) is 3.06. The number of carbonyl (C=O) groups is 2. The molecule has 2 aromatic rings. The maximum absolute atomic E-state index is 13.4. The molecule has 0 atom stereocenters. The van der Waals surface area contributed by atoms with Crippen molar-refractivity contribution in [2.45, 2.75) is 39.2 Å². The number of rotatable bonds is 8. The van der Waals surface area contributed by atoms with Crippen molar-refractivity contribution in [3.8, 4) is 0 Å². The van der Waals surface area contributed by atoms with E-state index in [-0.39, 0.29) is 30.6 Å². The van der Waals surface area contributed by atoms with Crippen LogP contribution < -0.4 is 26.8 Å². The molecule has 1 fully saturated rings. The van der Waals surface area contributed by atoms with E-state index in [0.29, 0.717) is 31.5 Å². The Labute approximate surface area is 185 Å². The highest BCUT2D eigenvalue weighted by molar-refractivity contribution is 6.07. The fourth-order valence-corrected chi connectivity index (χ4v) is 3.80. The Morgan fingerprint density at radius 1 is 1.19 bits per heavy atom. The second-order valence-corrected chi connectivity index (χ2v) is 7.64. The molecule has 3 N–H and O–H groups in total. The zero-order chi connectivity index (χ0) is 23.3. The van der Waals surface area contributed by atoms with Crippen LogP contribution in [0, 0.1) is 0 Å². The lowest BCUT2D eigenvalue weighted by molar-refractivity contribution is -0.119. The summed E-state index contributed by atoms with van der Waals surface area (Å²) >= 11 is 0. The molecule has 2 heterocycles. The fourth-order valence-electron chi connectivity index (χ4n) is 3.80. The summed E-state index contributed by atoms with van der Waals surface area (Å²) in [6.07, 6.45) is 2.96. The van der Waals surface area contributed by atoms with Gasteiger partial charge in [0.15, 0.2) is 5.69 Å². The third-order valence-corrected chi connectivity index (χ3v) is 5.44. The summed E-state index contributed by atoms with van der Waals surface area (Å²) in [6, 6.07) is 6.67. The molecule has 172 valence electrons. The molecule has 0 unspecified atom stereocenters. The van der Waals surface area contributed by atoms with Crippen molar-refractivity contribution in [1.82, 2.24) is 9.55 Å². The van der Waals surface area contributed by atoms with Gasteiger partial charge in [-0.2, -0.15) is 0 Å². The summed E-state index contributed by atoms with van der Waals surface area (Å²) < 4.78 is 6.36. The van der Waals surface area contributed by atoms with Gasteiger partial charge in [0.1, 0.15) is 5.82 Å². The van der Waals surface area contributed by atoms with Gasteiger partial charge in [-0.15, -0.1) is 0 Å². The molecule has 32 heavy (non-hydrogen) atoms. The molecular weight excluding hydrogens is 414 g/mol. The standard InChI is InChI=1S/C22H29N5O5/c1-3-11-27-19(23)18(20(29)24-22(27)31)26(13-14-32-2)21(30)15-7-9-16(10-8-15)25-12-5-4-6-17(25)28/h7-10H,3-6,11-14,23H2,1-2H3,(H,24,29,31). The Balaban J connectivity index is 1.97. The van der Waals surface area contributed by atoms with E-state index < -0.39 is 17.2 Å². The highest BCUT2D eigenvalue weighted by Gasteiger charge is 2.26. The fraction of sp³-hybridized carbons (Fsp3) is 0.455. The first-order valence-electron chi connectivity index (χ1n) is 10.7. The molecule has 1 aliphatic heterocycles. The van der Waals surface area contributed by atoms with Crippen LogP contribution in [0.25, 0.3) is 0 Å². The average Bonchev–Trinajstić information content (AvgIpc) is 2.78. The number of amides is 2. The van der Waals surface area contributed by atoms with Gasteiger partial charge < -0.3 is 15.4 Å². The van der Waals surface area contributed by atoms with E-state index in [0.717, 1.165) is 18.5 Å². The summed E-state index contributed by atoms with van der Waals surface area (Å²) in [5.41, 5.74) is 5.77. The second kappa shape index (κ2) is 10.3. The molecule has 1 saturated heterocycles. The molecule has 0 aliphatic carbocycles. The van der Waals surface area contributed by atoms with Gasteiger partial charge >= 0.3 is 5.69 Å². The number of aromatic nitrogens is 2. The number of methoxy groups -OCH3 is 1. The van der Waals surface area contributed by atoms with Crippen molar-refractivity contribution >= 4 is 29.0 Å². The number of nitrogens with one attached hydrogen (secondary N) is 1. The van der Waals surface area contributed by atoms with Crippen molar-refractivity contribution in [1.29, 1.82) is 0 Å². The highest BCUT2D eigenvalue weighted by Crippen LogP contribution is 2.24. The minimum Gasteiger partial charge on any atom is -0.383 e. The highest BCUT2D eigenvalue weighted by atomic mass is 16.5. The minimum atomic E-state index is -0.736. The lowest BCUT2D eigenvalue weighted by atomic mass is 10.1. The number of ether oxygens (including phenoxy) is 1. The van der Waals surface area contributed by atoms with Gasteiger partial charge in [-0.1, -0.05) is 6.92 Å². The predicted octanol–water partition coefficient (Wildman–Crippen LogP) is 1.34. The summed E-state index contributed by atoms with van der Waals surface area (Å²) in [5.74, 6) is -0.465. The molecule has 0 saturated carbocycles. The van der Waals surface area contributed by atoms with E-state index in [1.807, 2.05) is 6.92 Å². The van der Waals surface area contributed by atoms with Crippen LogP contribution in [0.1, 0.15) is 43.0 Å². The van der Waals surface area contributed by atoms with Gasteiger partial charge in [-0.05, 0) is 43.5 Å². The van der Waals surface area contributed by atoms with E-state index in [4.69, 9.17) is 10.5 Å². The smallest absolute Gasteiger partial charge is 0.330 e. The predicted molar refractivity (Wildman–Crippen MR) is 122 cm³/mol. The van der Waals surface area contributed by atoms with E-state index in [9.17, 15) is 19.2 Å². The number of carbonyl (C=O) groups excluding carboxylic acids is 2. The van der Waals surface area contributed by atoms with Gasteiger partial charge in [0.2, 0.25) is 5.91 Å². The number of benzene rings is 1. The van der Waals surface area contributed by atoms with Crippen LogP contribution in [0.4, 0.5) is 17.2 Å². The topological polar surface area (TPSA) is 131 Å². The monoisotopic (exact) mass is 443 g/mol. The molecule has 0 radical (unpaired) electrons. The number of hydrogen-bond donors (Lipinski definition) is 2. The molecule has 1 aromatic heterocycles. The summed E-state index contributed by atoms with van der Waals surface area (Å²) in [5, 5.41) is 0. The number of aromatic amines is 1. The van der Waals surface area contributed by atoms with Crippen LogP contribution in [-0.2, 0) is 16.1 Å². The average molecular weight is 444 g/mol. The van der Waals surface area contributed by atoms with E-state index in [1.54, 1.807) is 29.2 Å². The summed E-state index contributed by atoms with van der Waals surface area (Å²) in [4.78, 5) is 55.5.